The standard InChI is InChI=1S/C18H17NO3S2/c1-3-21-12-7-5-11-6-8-15(22-4-2)14(13(11)9-12)10-16-17(20)19-18(23)24-16/h5-10H,3-4H2,1-2H3,(H,19,20,23). The van der Waals surface area contributed by atoms with Gasteiger partial charge in [-0.1, -0.05) is 36.1 Å². The molecule has 24 heavy (non-hydrogen) atoms. The van der Waals surface area contributed by atoms with E-state index in [-0.39, 0.29) is 5.91 Å². The molecule has 1 aliphatic heterocycles. The molecule has 0 bridgehead atoms. The maximum atomic E-state index is 12.0. The van der Waals surface area contributed by atoms with Gasteiger partial charge in [0.15, 0.2) is 0 Å². The fourth-order valence-electron chi connectivity index (χ4n) is 2.54. The lowest BCUT2D eigenvalue weighted by Crippen LogP contribution is -2.17. The van der Waals surface area contributed by atoms with E-state index in [9.17, 15) is 4.79 Å². The molecular formula is C18H17NO3S2. The van der Waals surface area contributed by atoms with Crippen molar-refractivity contribution in [1.29, 1.82) is 0 Å². The van der Waals surface area contributed by atoms with Gasteiger partial charge in [0.2, 0.25) is 0 Å². The van der Waals surface area contributed by atoms with Crippen molar-refractivity contribution in [2.75, 3.05) is 13.2 Å². The number of carbonyl (C=O) groups is 1. The summed E-state index contributed by atoms with van der Waals surface area (Å²) in [5.41, 5.74) is 0.859. The maximum absolute atomic E-state index is 12.0. The number of hydrogen-bond acceptors (Lipinski definition) is 5. The van der Waals surface area contributed by atoms with Crippen molar-refractivity contribution in [1.82, 2.24) is 5.32 Å². The van der Waals surface area contributed by atoms with Crippen LogP contribution < -0.4 is 14.8 Å². The number of rotatable bonds is 5. The molecule has 0 aliphatic carbocycles. The predicted molar refractivity (Wildman–Crippen MR) is 103 cm³/mol. The number of thioether (sulfide) groups is 1. The number of ether oxygens (including phenoxy) is 2. The van der Waals surface area contributed by atoms with Gasteiger partial charge in [-0.3, -0.25) is 4.79 Å². The maximum Gasteiger partial charge on any atom is 0.263 e. The lowest BCUT2D eigenvalue weighted by Gasteiger charge is -2.12. The van der Waals surface area contributed by atoms with Crippen LogP contribution in [0.25, 0.3) is 16.8 Å². The number of nitrogens with one attached hydrogen (secondary N) is 1. The molecule has 2 aromatic rings. The third kappa shape index (κ3) is 3.39. The first-order chi connectivity index (χ1) is 11.6. The zero-order valence-electron chi connectivity index (χ0n) is 13.4. The molecule has 1 N–H and O–H groups in total. The highest BCUT2D eigenvalue weighted by atomic mass is 32.2. The SMILES string of the molecule is CCOc1ccc2ccc(OCC)c(C=C3SC(=S)NC3=O)c2c1. The first-order valence-corrected chi connectivity index (χ1v) is 8.92. The van der Waals surface area contributed by atoms with Crippen molar-refractivity contribution in [3.8, 4) is 11.5 Å². The molecule has 1 fully saturated rings. The minimum absolute atomic E-state index is 0.176. The van der Waals surface area contributed by atoms with Gasteiger partial charge in [-0.25, -0.2) is 0 Å². The molecule has 6 heteroatoms. The van der Waals surface area contributed by atoms with Crippen LogP contribution in [0, 0.1) is 0 Å². The van der Waals surface area contributed by atoms with Gasteiger partial charge in [-0.15, -0.1) is 0 Å². The fourth-order valence-corrected chi connectivity index (χ4v) is 3.57. The molecule has 0 atom stereocenters. The number of carbonyl (C=O) groups excluding carboxylic acids is 1. The third-order valence-corrected chi connectivity index (χ3v) is 4.69. The van der Waals surface area contributed by atoms with Crippen molar-refractivity contribution >= 4 is 51.1 Å². The Bertz CT molecular complexity index is 840. The van der Waals surface area contributed by atoms with E-state index >= 15 is 0 Å². The molecule has 124 valence electrons. The van der Waals surface area contributed by atoms with E-state index in [1.165, 1.54) is 11.8 Å². The second-order valence-electron chi connectivity index (χ2n) is 5.08. The summed E-state index contributed by atoms with van der Waals surface area (Å²) >= 11 is 6.33. The van der Waals surface area contributed by atoms with Gasteiger partial charge >= 0.3 is 0 Å². The van der Waals surface area contributed by atoms with E-state index in [0.717, 1.165) is 27.8 Å². The summed E-state index contributed by atoms with van der Waals surface area (Å²) < 4.78 is 11.8. The van der Waals surface area contributed by atoms with Gasteiger partial charge in [-0.05, 0) is 48.9 Å². The van der Waals surface area contributed by atoms with E-state index in [2.05, 4.69) is 5.32 Å². The van der Waals surface area contributed by atoms with Crippen molar-refractivity contribution in [3.05, 3.63) is 40.8 Å². The molecule has 1 amide bonds. The molecule has 4 nitrogen and oxygen atoms in total. The fraction of sp³-hybridized carbons (Fsp3) is 0.222. The van der Waals surface area contributed by atoms with Gasteiger partial charge in [0.05, 0.1) is 18.1 Å². The van der Waals surface area contributed by atoms with E-state index in [0.29, 0.717) is 22.4 Å². The molecule has 1 aliphatic rings. The third-order valence-electron chi connectivity index (χ3n) is 3.52. The summed E-state index contributed by atoms with van der Waals surface area (Å²) in [5, 5.41) is 4.67. The molecule has 1 heterocycles. The minimum Gasteiger partial charge on any atom is -0.494 e. The van der Waals surface area contributed by atoms with Gasteiger partial charge in [0.1, 0.15) is 15.8 Å². The number of fused-ring (bicyclic) bond motifs is 1. The van der Waals surface area contributed by atoms with Gasteiger partial charge < -0.3 is 14.8 Å². The Labute approximate surface area is 150 Å². The average Bonchev–Trinajstić information content (AvgIpc) is 2.88. The Morgan fingerprint density at radius 3 is 2.58 bits per heavy atom. The molecule has 0 radical (unpaired) electrons. The molecule has 0 saturated carbocycles. The van der Waals surface area contributed by atoms with Gasteiger partial charge in [0.25, 0.3) is 5.91 Å². The highest BCUT2D eigenvalue weighted by Gasteiger charge is 2.23. The highest BCUT2D eigenvalue weighted by Crippen LogP contribution is 2.35. The van der Waals surface area contributed by atoms with Crippen LogP contribution in [0.15, 0.2) is 35.2 Å². The number of benzene rings is 2. The summed E-state index contributed by atoms with van der Waals surface area (Å²) in [5.74, 6) is 1.35. The van der Waals surface area contributed by atoms with Crippen molar-refractivity contribution in [3.63, 3.8) is 0 Å². The highest BCUT2D eigenvalue weighted by molar-refractivity contribution is 8.26. The van der Waals surface area contributed by atoms with Crippen LogP contribution in [0.5, 0.6) is 11.5 Å². The van der Waals surface area contributed by atoms with Crippen molar-refractivity contribution < 1.29 is 14.3 Å². The van der Waals surface area contributed by atoms with E-state index < -0.39 is 0 Å². The van der Waals surface area contributed by atoms with Gasteiger partial charge in [0, 0.05) is 5.56 Å². The normalized spacial score (nSPS) is 15.8. The van der Waals surface area contributed by atoms with E-state index in [1.54, 1.807) is 0 Å². The Morgan fingerprint density at radius 2 is 1.92 bits per heavy atom. The van der Waals surface area contributed by atoms with E-state index in [4.69, 9.17) is 21.7 Å². The zero-order chi connectivity index (χ0) is 17.1. The monoisotopic (exact) mass is 359 g/mol. The summed E-state index contributed by atoms with van der Waals surface area (Å²) in [7, 11) is 0. The Hall–Kier alpha value is -2.05. The topological polar surface area (TPSA) is 47.6 Å². The number of amides is 1. The first kappa shape index (κ1) is 16.8. The van der Waals surface area contributed by atoms with Crippen LogP contribution in [0.3, 0.4) is 0 Å². The molecule has 0 aromatic heterocycles. The molecule has 3 rings (SSSR count). The molecular weight excluding hydrogens is 342 g/mol. The quantitative estimate of drug-likeness (QED) is 0.643. The second kappa shape index (κ2) is 7.23. The molecule has 0 spiro atoms. The summed E-state index contributed by atoms with van der Waals surface area (Å²) in [4.78, 5) is 12.6. The Morgan fingerprint density at radius 1 is 1.17 bits per heavy atom. The van der Waals surface area contributed by atoms with Crippen molar-refractivity contribution in [2.45, 2.75) is 13.8 Å². The van der Waals surface area contributed by atoms with Crippen LogP contribution in [0.1, 0.15) is 19.4 Å². The summed E-state index contributed by atoms with van der Waals surface area (Å²) in [6, 6.07) is 9.85. The minimum atomic E-state index is -0.176. The molecule has 1 saturated heterocycles. The number of hydrogen-bond donors (Lipinski definition) is 1. The van der Waals surface area contributed by atoms with Crippen LogP contribution >= 0.6 is 24.0 Å². The second-order valence-corrected chi connectivity index (χ2v) is 6.80. The van der Waals surface area contributed by atoms with Crippen LogP contribution in [0.2, 0.25) is 0 Å². The molecule has 0 unspecified atom stereocenters. The lowest BCUT2D eigenvalue weighted by molar-refractivity contribution is -0.115. The predicted octanol–water partition coefficient (Wildman–Crippen LogP) is 4.13. The van der Waals surface area contributed by atoms with Crippen LogP contribution in [-0.4, -0.2) is 23.4 Å². The van der Waals surface area contributed by atoms with E-state index in [1.807, 2.05) is 50.3 Å². The Kier molecular flexibility index (Phi) is 5.06. The van der Waals surface area contributed by atoms with Gasteiger partial charge in [-0.2, -0.15) is 0 Å². The molecule has 2 aromatic carbocycles. The lowest BCUT2D eigenvalue weighted by atomic mass is 10.0. The summed E-state index contributed by atoms with van der Waals surface area (Å²) in [6.45, 7) is 5.03. The summed E-state index contributed by atoms with van der Waals surface area (Å²) in [6.07, 6.45) is 1.84. The average molecular weight is 359 g/mol. The smallest absolute Gasteiger partial charge is 0.263 e. The number of thiocarbonyl (C=S) groups is 1. The largest absolute Gasteiger partial charge is 0.494 e. The van der Waals surface area contributed by atoms with Crippen molar-refractivity contribution in [2.24, 2.45) is 0 Å². The first-order valence-electron chi connectivity index (χ1n) is 7.69. The van der Waals surface area contributed by atoms with Crippen LogP contribution in [-0.2, 0) is 4.79 Å². The zero-order valence-corrected chi connectivity index (χ0v) is 15.1. The Balaban J connectivity index is 2.19. The van der Waals surface area contributed by atoms with Crippen LogP contribution in [0.4, 0.5) is 0 Å².